The molecule has 0 amide bonds. The number of carbonyl (C=O) groups is 1. The van der Waals surface area contributed by atoms with Gasteiger partial charge < -0.3 is 4.74 Å². The van der Waals surface area contributed by atoms with E-state index in [0.29, 0.717) is 6.61 Å². The predicted octanol–water partition coefficient (Wildman–Crippen LogP) is 5.58. The van der Waals surface area contributed by atoms with Crippen LogP contribution in [0.1, 0.15) is 77.6 Å². The molecule has 0 N–H and O–H groups in total. The lowest BCUT2D eigenvalue weighted by Gasteiger charge is -2.23. The van der Waals surface area contributed by atoms with Gasteiger partial charge in [0.25, 0.3) is 0 Å². The van der Waals surface area contributed by atoms with Crippen LogP contribution in [0.4, 0.5) is 0 Å². The first kappa shape index (κ1) is 17.3. The van der Waals surface area contributed by atoms with Crippen LogP contribution in [-0.2, 0) is 9.53 Å². The van der Waals surface area contributed by atoms with Crippen molar-refractivity contribution in [2.24, 2.45) is 11.8 Å². The number of unbranched alkanes of at least 4 members (excludes halogenated alkanes) is 3. The van der Waals surface area contributed by atoms with Gasteiger partial charge >= 0.3 is 5.97 Å². The summed E-state index contributed by atoms with van der Waals surface area (Å²) >= 11 is 0. The fourth-order valence-electron chi connectivity index (χ4n) is 4.17. The van der Waals surface area contributed by atoms with Crippen LogP contribution in [0.3, 0.4) is 0 Å². The van der Waals surface area contributed by atoms with Crippen LogP contribution in [0.25, 0.3) is 0 Å². The maximum absolute atomic E-state index is 11.0. The third-order valence-electron chi connectivity index (χ3n) is 5.36. The van der Waals surface area contributed by atoms with Gasteiger partial charge in [-0.25, -0.2) is 4.79 Å². The summed E-state index contributed by atoms with van der Waals surface area (Å²) in [7, 11) is 0. The normalized spacial score (nSPS) is 21.2. The van der Waals surface area contributed by atoms with Crippen molar-refractivity contribution < 1.29 is 9.53 Å². The summed E-state index contributed by atoms with van der Waals surface area (Å²) in [5.74, 6) is 1.49. The van der Waals surface area contributed by atoms with Crippen molar-refractivity contribution >= 4 is 5.97 Å². The van der Waals surface area contributed by atoms with Gasteiger partial charge in [0.2, 0.25) is 0 Å². The first-order chi connectivity index (χ1) is 10.7. The molecule has 0 saturated heterocycles. The van der Waals surface area contributed by atoms with Gasteiger partial charge in [-0.05, 0) is 63.2 Å². The van der Waals surface area contributed by atoms with Crippen LogP contribution in [0.2, 0.25) is 0 Å². The van der Waals surface area contributed by atoms with Crippen LogP contribution in [0, 0.1) is 11.8 Å². The molecular weight excluding hydrogens is 272 g/mol. The van der Waals surface area contributed by atoms with Crippen molar-refractivity contribution in [1.82, 2.24) is 0 Å². The van der Waals surface area contributed by atoms with Gasteiger partial charge in [0, 0.05) is 6.08 Å². The minimum atomic E-state index is -0.294. The monoisotopic (exact) mass is 304 g/mol. The number of hydrogen-bond acceptors (Lipinski definition) is 2. The van der Waals surface area contributed by atoms with Gasteiger partial charge in [-0.15, -0.1) is 0 Å². The van der Waals surface area contributed by atoms with Crippen molar-refractivity contribution in [3.63, 3.8) is 0 Å². The van der Waals surface area contributed by atoms with Crippen molar-refractivity contribution in [1.29, 1.82) is 0 Å². The fourth-order valence-corrected chi connectivity index (χ4v) is 4.17. The van der Waals surface area contributed by atoms with E-state index in [2.05, 4.69) is 13.5 Å². The molecule has 2 aliphatic rings. The predicted molar refractivity (Wildman–Crippen MR) is 91.6 cm³/mol. The minimum absolute atomic E-state index is 0.294. The first-order valence-electron chi connectivity index (χ1n) is 9.24. The Kier molecular flexibility index (Phi) is 7.21. The fraction of sp³-hybridized carbons (Fsp3) is 0.750. The highest BCUT2D eigenvalue weighted by molar-refractivity contribution is 5.81. The topological polar surface area (TPSA) is 26.3 Å². The Bertz CT molecular complexity index is 408. The average Bonchev–Trinajstić information content (AvgIpc) is 3.15. The summed E-state index contributed by atoms with van der Waals surface area (Å²) in [5.41, 5.74) is 3.64. The number of carbonyl (C=O) groups excluding carboxylic acids is 1. The lowest BCUT2D eigenvalue weighted by Crippen LogP contribution is -2.09. The Labute approximate surface area is 136 Å². The molecule has 2 aliphatic carbocycles. The second-order valence-electron chi connectivity index (χ2n) is 7.00. The molecule has 2 rings (SSSR count). The van der Waals surface area contributed by atoms with E-state index >= 15 is 0 Å². The number of hydrogen-bond donors (Lipinski definition) is 0. The van der Waals surface area contributed by atoms with Crippen LogP contribution >= 0.6 is 0 Å². The van der Waals surface area contributed by atoms with Gasteiger partial charge in [-0.2, -0.15) is 0 Å². The molecule has 0 aromatic heterocycles. The molecule has 0 spiro atoms. The second-order valence-corrected chi connectivity index (χ2v) is 7.00. The highest BCUT2D eigenvalue weighted by Gasteiger charge is 2.33. The van der Waals surface area contributed by atoms with E-state index in [9.17, 15) is 4.79 Å². The molecule has 2 heteroatoms. The zero-order chi connectivity index (χ0) is 15.8. The van der Waals surface area contributed by atoms with Crippen molar-refractivity contribution in [3.05, 3.63) is 23.8 Å². The molecule has 0 radical (unpaired) electrons. The Morgan fingerprint density at radius 1 is 1.27 bits per heavy atom. The van der Waals surface area contributed by atoms with E-state index in [1.165, 1.54) is 70.3 Å². The summed E-state index contributed by atoms with van der Waals surface area (Å²) in [6.45, 7) is 6.25. The number of fused-ring (bicyclic) bond motifs is 2. The van der Waals surface area contributed by atoms with Gasteiger partial charge in [-0.3, -0.25) is 0 Å². The Hall–Kier alpha value is -1.05. The molecule has 0 aliphatic heterocycles. The van der Waals surface area contributed by atoms with Gasteiger partial charge in [0.1, 0.15) is 0 Å². The number of esters is 1. The lowest BCUT2D eigenvalue weighted by atomic mass is 9.83. The third-order valence-corrected chi connectivity index (χ3v) is 5.36. The Morgan fingerprint density at radius 2 is 2.05 bits per heavy atom. The molecule has 0 aromatic carbocycles. The summed E-state index contributed by atoms with van der Waals surface area (Å²) in [4.78, 5) is 11.0. The standard InChI is InChI=1S/C20H32O2/c1-3-5-6-9-17(10-7-8-13-22-20(21)4-2)19-15-16-11-12-18(19)14-16/h4,16-17H,2-3,5-15H2,1H3. The zero-order valence-electron chi connectivity index (χ0n) is 14.2. The summed E-state index contributed by atoms with van der Waals surface area (Å²) in [6, 6.07) is 0. The molecule has 2 bridgehead atoms. The van der Waals surface area contributed by atoms with E-state index in [1.54, 1.807) is 0 Å². The van der Waals surface area contributed by atoms with Crippen LogP contribution in [-0.4, -0.2) is 12.6 Å². The quantitative estimate of drug-likeness (QED) is 0.215. The van der Waals surface area contributed by atoms with E-state index < -0.39 is 0 Å². The molecule has 2 nitrogen and oxygen atoms in total. The zero-order valence-corrected chi connectivity index (χ0v) is 14.2. The summed E-state index contributed by atoms with van der Waals surface area (Å²) in [5, 5.41) is 0. The molecule has 2 atom stereocenters. The Morgan fingerprint density at radius 3 is 2.64 bits per heavy atom. The van der Waals surface area contributed by atoms with Crippen molar-refractivity contribution in [2.45, 2.75) is 77.6 Å². The molecule has 2 unspecified atom stereocenters. The SMILES string of the molecule is C=CC(=O)OCCCCC(CCCCC)C1=C2CCC(C2)C1. The van der Waals surface area contributed by atoms with E-state index in [0.717, 1.165) is 18.3 Å². The lowest BCUT2D eigenvalue weighted by molar-refractivity contribution is -0.137. The van der Waals surface area contributed by atoms with E-state index in [-0.39, 0.29) is 5.97 Å². The first-order valence-corrected chi connectivity index (χ1v) is 9.24. The maximum Gasteiger partial charge on any atom is 0.330 e. The molecule has 1 fully saturated rings. The summed E-state index contributed by atoms with van der Waals surface area (Å²) < 4.78 is 5.08. The molecule has 124 valence electrons. The van der Waals surface area contributed by atoms with E-state index in [4.69, 9.17) is 4.74 Å². The molecule has 0 aromatic rings. The van der Waals surface area contributed by atoms with Gasteiger partial charge in [-0.1, -0.05) is 43.9 Å². The minimum Gasteiger partial charge on any atom is -0.463 e. The third kappa shape index (κ3) is 5.00. The number of ether oxygens (including phenoxy) is 1. The largest absolute Gasteiger partial charge is 0.463 e. The number of allylic oxidation sites excluding steroid dienone is 2. The smallest absolute Gasteiger partial charge is 0.330 e. The molecule has 0 heterocycles. The highest BCUT2D eigenvalue weighted by atomic mass is 16.5. The van der Waals surface area contributed by atoms with Gasteiger partial charge in [0.15, 0.2) is 0 Å². The molecule has 1 saturated carbocycles. The van der Waals surface area contributed by atoms with Crippen LogP contribution < -0.4 is 0 Å². The molecular formula is C20H32O2. The highest BCUT2D eigenvalue weighted by Crippen LogP contribution is 2.48. The Balaban J connectivity index is 1.75. The van der Waals surface area contributed by atoms with Crippen molar-refractivity contribution in [2.75, 3.05) is 6.61 Å². The van der Waals surface area contributed by atoms with Crippen molar-refractivity contribution in [3.8, 4) is 0 Å². The van der Waals surface area contributed by atoms with E-state index in [1.807, 2.05) is 11.1 Å². The average molecular weight is 304 g/mol. The summed E-state index contributed by atoms with van der Waals surface area (Å²) in [6.07, 6.45) is 15.7. The number of rotatable bonds is 11. The maximum atomic E-state index is 11.0. The van der Waals surface area contributed by atoms with Crippen LogP contribution in [0.15, 0.2) is 23.8 Å². The van der Waals surface area contributed by atoms with Gasteiger partial charge in [0.05, 0.1) is 6.61 Å². The molecule has 22 heavy (non-hydrogen) atoms. The second kappa shape index (κ2) is 9.17. The van der Waals surface area contributed by atoms with Crippen LogP contribution in [0.5, 0.6) is 0 Å².